The Bertz CT molecular complexity index is 3950. The summed E-state index contributed by atoms with van der Waals surface area (Å²) >= 11 is 2.67. The number of carboxylic acid groups (broad SMARTS) is 1. The van der Waals surface area contributed by atoms with E-state index < -0.39 is 90.7 Å². The molecule has 0 bridgehead atoms. The van der Waals surface area contributed by atoms with Crippen LogP contribution in [-0.4, -0.2) is 138 Å². The molecule has 2 saturated heterocycles. The number of nitrogen functional groups attached to an aromatic ring is 1. The number of anilines is 4. The lowest BCUT2D eigenvalue weighted by Crippen LogP contribution is -2.45. The fraction of sp³-hybridized carbons (Fsp3) is 0.455. The van der Waals surface area contributed by atoms with E-state index in [1.165, 1.54) is 44.6 Å². The Morgan fingerprint density at radius 2 is 0.918 bits per heavy atom. The number of ether oxygens (including phenoxy) is 4. The summed E-state index contributed by atoms with van der Waals surface area (Å²) in [5.41, 5.74) is 7.52. The molecule has 2 fully saturated rings. The van der Waals surface area contributed by atoms with Crippen molar-refractivity contribution in [2.45, 2.75) is 193 Å². The van der Waals surface area contributed by atoms with E-state index in [1.807, 2.05) is 12.1 Å². The quantitative estimate of drug-likeness (QED) is 0.0371. The van der Waals surface area contributed by atoms with Crippen molar-refractivity contribution in [3.8, 4) is 42.0 Å². The molecule has 0 saturated carbocycles. The van der Waals surface area contributed by atoms with Crippen LogP contribution < -0.4 is 31.1 Å². The fourth-order valence-corrected chi connectivity index (χ4v) is 14.8. The SMILES string of the molecule is CC(C)(C)OC(=O)N1CCC[C@H]1C(=O)O.CC(C)OC(=O)Nc1ccc(-c2ncc(-c3ccc(N)cc3S(=O)(=O)NC(C)(C)C)s2)cc1.CC(C)OC(=O)Nc1ccc(-c2ncc(-c3ccc(NC(=O)[C@@H]4CCCN4C(=O)OC(C)(C)C)cc3S(=O)(=O)NC(C)(C)C)s2)cc1.S.S. The van der Waals surface area contributed by atoms with Crippen LogP contribution in [0.15, 0.2) is 107 Å². The lowest BCUT2D eigenvalue weighted by atomic mass is 10.1. The van der Waals surface area contributed by atoms with Crippen molar-refractivity contribution in [1.82, 2.24) is 29.2 Å². The summed E-state index contributed by atoms with van der Waals surface area (Å²) in [6, 6.07) is 22.3. The van der Waals surface area contributed by atoms with Crippen LogP contribution in [0.4, 0.5) is 41.9 Å². The maximum absolute atomic E-state index is 13.7. The van der Waals surface area contributed by atoms with Crippen molar-refractivity contribution in [3.63, 3.8) is 0 Å². The molecular formula is C66H92N10O15S6. The van der Waals surface area contributed by atoms with Crippen LogP contribution in [0.3, 0.4) is 0 Å². The standard InChI is InChI=1S/C33H43N5O7S2.C23H28N4O4S2.C10H17NO4.2H2S/c1-20(2)44-30(40)36-22-13-11-21(12-14-22)29-34-19-26(46-29)24-16-15-23(18-27(24)47(42,43)37-32(3,4)5)35-28(39)25-10-9-17-38(25)31(41)45-33(6,7)8;1-14(2)31-22(28)26-17-9-6-15(7-10-17)21-25-13-19(32-21)18-11-8-16(24)12-20(18)33(29,30)27-23(3,4)5;1-10(2,3)15-9(14)11-6-4-5-7(11)8(12)13;;/h11-16,18-20,25,37H,9-10,17H2,1-8H3,(H,35,39)(H,36,40);6-14,27H,24H2,1-5H3,(H,26,28);7H,4-6H2,1-3H3,(H,12,13);2*1H2/t25-;;7-;;/m0.0../s1. The molecule has 2 atom stereocenters. The van der Waals surface area contributed by atoms with Crippen LogP contribution in [0.2, 0.25) is 0 Å². The highest BCUT2D eigenvalue weighted by Crippen LogP contribution is 2.40. The second-order valence-corrected chi connectivity index (χ2v) is 32.4. The van der Waals surface area contributed by atoms with E-state index in [-0.39, 0.29) is 54.7 Å². The summed E-state index contributed by atoms with van der Waals surface area (Å²) in [5, 5.41) is 18.4. The first kappa shape index (κ1) is 81.9. The minimum atomic E-state index is -4.06. The zero-order valence-electron chi connectivity index (χ0n) is 57.5. The van der Waals surface area contributed by atoms with Crippen LogP contribution >= 0.6 is 49.7 Å². The van der Waals surface area contributed by atoms with Gasteiger partial charge in [-0.25, -0.2) is 60.2 Å². The first-order valence-electron chi connectivity index (χ1n) is 30.7. The van der Waals surface area contributed by atoms with Gasteiger partial charge in [-0.2, -0.15) is 27.0 Å². The number of hydrogen-bond donors (Lipinski definition) is 7. The number of benzene rings is 4. The third kappa shape index (κ3) is 25.1. The van der Waals surface area contributed by atoms with Gasteiger partial charge in [-0.05, 0) is 209 Å². The summed E-state index contributed by atoms with van der Waals surface area (Å²) in [4.78, 5) is 85.3. The Balaban J connectivity index is 0.000000346. The molecule has 0 spiro atoms. The molecule has 0 aliphatic carbocycles. The minimum absolute atomic E-state index is 0. The number of carbonyl (C=O) groups excluding carboxylic acids is 5. The van der Waals surface area contributed by atoms with Crippen molar-refractivity contribution in [1.29, 1.82) is 0 Å². The van der Waals surface area contributed by atoms with Crippen LogP contribution in [0.25, 0.3) is 42.0 Å². The molecule has 4 heterocycles. The van der Waals surface area contributed by atoms with Gasteiger partial charge in [-0.1, -0.05) is 12.1 Å². The topological polar surface area (TPSA) is 346 Å². The Morgan fingerprint density at radius 1 is 0.546 bits per heavy atom. The van der Waals surface area contributed by atoms with Gasteiger partial charge in [-0.15, -0.1) is 22.7 Å². The highest BCUT2D eigenvalue weighted by atomic mass is 32.2. The molecule has 4 aromatic carbocycles. The summed E-state index contributed by atoms with van der Waals surface area (Å²) in [6.45, 7) is 29.1. The molecule has 8 N–H and O–H groups in total. The number of likely N-dealkylation sites (tertiary alicyclic amines) is 2. The van der Waals surface area contributed by atoms with Gasteiger partial charge in [0.05, 0.1) is 31.8 Å². The number of aromatic nitrogens is 2. The molecule has 97 heavy (non-hydrogen) atoms. The zero-order chi connectivity index (χ0) is 70.8. The highest BCUT2D eigenvalue weighted by Gasteiger charge is 2.39. The number of nitrogens with two attached hydrogens (primary N) is 1. The van der Waals surface area contributed by atoms with Crippen LogP contribution in [0.1, 0.15) is 136 Å². The lowest BCUT2D eigenvalue weighted by molar-refractivity contribution is -0.142. The maximum Gasteiger partial charge on any atom is 0.411 e. The number of nitrogens with one attached hydrogen (secondary N) is 5. The summed E-state index contributed by atoms with van der Waals surface area (Å²) in [5.74, 6) is -1.39. The van der Waals surface area contributed by atoms with E-state index in [9.17, 15) is 45.6 Å². The number of thiazole rings is 2. The maximum atomic E-state index is 13.7. The number of rotatable bonds is 15. The van der Waals surface area contributed by atoms with Gasteiger partial charge in [-0.3, -0.25) is 25.2 Å². The van der Waals surface area contributed by atoms with Crippen molar-refractivity contribution in [2.75, 3.05) is 34.8 Å². The van der Waals surface area contributed by atoms with Gasteiger partial charge >= 0.3 is 30.3 Å². The van der Waals surface area contributed by atoms with Crippen LogP contribution in [-0.2, 0) is 48.6 Å². The average Bonchev–Trinajstić information content (AvgIpc) is 1.78. The van der Waals surface area contributed by atoms with E-state index in [2.05, 4.69) is 35.4 Å². The van der Waals surface area contributed by atoms with E-state index in [0.717, 1.165) is 17.5 Å². The van der Waals surface area contributed by atoms with E-state index in [1.54, 1.807) is 184 Å². The van der Waals surface area contributed by atoms with Gasteiger partial charge in [0.1, 0.15) is 33.3 Å². The zero-order valence-corrected chi connectivity index (χ0v) is 62.7. The molecule has 0 unspecified atom stereocenters. The van der Waals surface area contributed by atoms with Crippen LogP contribution in [0.5, 0.6) is 0 Å². The summed E-state index contributed by atoms with van der Waals surface area (Å²) in [6.07, 6.45) is 2.95. The first-order chi connectivity index (χ1) is 44.0. The molecule has 2 aliphatic rings. The Morgan fingerprint density at radius 3 is 1.30 bits per heavy atom. The molecule has 25 nitrogen and oxygen atoms in total. The Hall–Kier alpha value is -7.52. The second-order valence-electron chi connectivity index (χ2n) is 27.0. The van der Waals surface area contributed by atoms with Crippen molar-refractivity contribution in [3.05, 3.63) is 97.3 Å². The third-order valence-corrected chi connectivity index (χ3v) is 18.8. The third-order valence-electron chi connectivity index (χ3n) is 13.0. The molecule has 5 amide bonds. The number of nitrogens with zero attached hydrogens (tertiary/aromatic N) is 4. The van der Waals surface area contributed by atoms with Crippen molar-refractivity contribution >= 4 is 129 Å². The Kier molecular flexibility index (Phi) is 28.6. The Labute approximate surface area is 590 Å². The summed E-state index contributed by atoms with van der Waals surface area (Å²) < 4.78 is 79.7. The number of hydrogen-bond acceptors (Lipinski definition) is 19. The van der Waals surface area contributed by atoms with E-state index in [0.29, 0.717) is 80.3 Å². The molecule has 8 rings (SSSR count). The molecule has 0 radical (unpaired) electrons. The number of aliphatic carboxylic acids is 1. The first-order valence-corrected chi connectivity index (χ1v) is 35.3. The largest absolute Gasteiger partial charge is 0.480 e. The number of sulfonamides is 2. The normalized spacial score (nSPS) is 14.9. The van der Waals surface area contributed by atoms with Crippen molar-refractivity contribution < 1.29 is 69.7 Å². The van der Waals surface area contributed by atoms with Gasteiger partial charge in [0.15, 0.2) is 0 Å². The molecule has 2 aliphatic heterocycles. The molecular weight excluding hydrogens is 1370 g/mol. The average molecular weight is 1460 g/mol. The highest BCUT2D eigenvalue weighted by molar-refractivity contribution is 7.90. The predicted octanol–water partition coefficient (Wildman–Crippen LogP) is 13.6. The minimum Gasteiger partial charge on any atom is -0.480 e. The molecule has 2 aromatic heterocycles. The van der Waals surface area contributed by atoms with Gasteiger partial charge < -0.3 is 35.1 Å². The number of carbonyl (C=O) groups is 6. The number of carboxylic acids is 1. The van der Waals surface area contributed by atoms with Gasteiger partial charge in [0, 0.05) is 81.6 Å². The van der Waals surface area contributed by atoms with Crippen molar-refractivity contribution in [2.24, 2.45) is 0 Å². The monoisotopic (exact) mass is 1460 g/mol. The smallest absolute Gasteiger partial charge is 0.411 e. The predicted molar refractivity (Wildman–Crippen MR) is 390 cm³/mol. The van der Waals surface area contributed by atoms with Gasteiger partial charge in [0.2, 0.25) is 26.0 Å². The van der Waals surface area contributed by atoms with Gasteiger partial charge in [0.25, 0.3) is 0 Å². The van der Waals surface area contributed by atoms with E-state index in [4.69, 9.17) is 29.8 Å². The lowest BCUT2D eigenvalue weighted by Gasteiger charge is -2.28. The van der Waals surface area contributed by atoms with E-state index >= 15 is 0 Å². The molecule has 532 valence electrons. The molecule has 6 aromatic rings. The fourth-order valence-electron chi connectivity index (χ4n) is 9.45. The summed E-state index contributed by atoms with van der Waals surface area (Å²) in [7, 11) is -7.86. The second kappa shape index (κ2) is 33.8. The molecule has 31 heteroatoms. The van der Waals surface area contributed by atoms with Crippen LogP contribution in [0, 0.1) is 0 Å². The number of amides is 5.